The van der Waals surface area contributed by atoms with Crippen LogP contribution in [-0.4, -0.2) is 23.4 Å². The maximum atomic E-state index is 13.0. The number of hydrogen-bond donors (Lipinski definition) is 1. The summed E-state index contributed by atoms with van der Waals surface area (Å²) in [6.45, 7) is 5.70. The Morgan fingerprint density at radius 1 is 1.17 bits per heavy atom. The second-order valence-electron chi connectivity index (χ2n) is 7.88. The van der Waals surface area contributed by atoms with E-state index in [2.05, 4.69) is 23.6 Å². The number of aryl methyl sites for hydroxylation is 1. The first kappa shape index (κ1) is 18.0. The Kier molecular flexibility index (Phi) is 4.40. The van der Waals surface area contributed by atoms with E-state index in [9.17, 15) is 9.90 Å². The monoisotopic (exact) mass is 388 g/mol. The van der Waals surface area contributed by atoms with Gasteiger partial charge in [-0.25, -0.2) is 0 Å². The van der Waals surface area contributed by atoms with Crippen LogP contribution >= 0.6 is 0 Å². The van der Waals surface area contributed by atoms with Crippen LogP contribution < -0.4 is 14.7 Å². The Bertz CT molecular complexity index is 1140. The van der Waals surface area contributed by atoms with E-state index in [4.69, 9.17) is 4.74 Å². The van der Waals surface area contributed by atoms with Crippen LogP contribution in [0.25, 0.3) is 17.0 Å². The normalized spacial score (nSPS) is 18.0. The average molecular weight is 388 g/mol. The van der Waals surface area contributed by atoms with Gasteiger partial charge in [0.2, 0.25) is 5.78 Å². The van der Waals surface area contributed by atoms with Gasteiger partial charge in [0.1, 0.15) is 12.3 Å². The zero-order valence-electron chi connectivity index (χ0n) is 16.5. The van der Waals surface area contributed by atoms with Crippen LogP contribution in [0.2, 0.25) is 0 Å². The molecule has 2 aliphatic rings. The molecule has 1 fully saturated rings. The first-order valence-electron chi connectivity index (χ1n) is 10.3. The molecule has 0 radical (unpaired) electrons. The van der Waals surface area contributed by atoms with Gasteiger partial charge in [-0.1, -0.05) is 30.0 Å². The van der Waals surface area contributed by atoms with Crippen molar-refractivity contribution in [3.05, 3.63) is 65.0 Å². The average Bonchev–Trinajstić information content (AvgIpc) is 3.44. The lowest BCUT2D eigenvalue weighted by Crippen LogP contribution is -3.08. The molecule has 0 saturated carbocycles. The molecule has 0 unspecified atom stereocenters. The summed E-state index contributed by atoms with van der Waals surface area (Å²) in [6, 6.07) is 11.3. The highest BCUT2D eigenvalue weighted by atomic mass is 16.5. The van der Waals surface area contributed by atoms with Crippen molar-refractivity contribution in [2.24, 2.45) is 0 Å². The Morgan fingerprint density at radius 3 is 2.76 bits per heavy atom. The molecule has 29 heavy (non-hydrogen) atoms. The number of allylic oxidation sites excluding steroid dienone is 1. The van der Waals surface area contributed by atoms with Crippen LogP contribution in [0.4, 0.5) is 0 Å². The number of nitrogens with one attached hydrogen (secondary N) is 1. The number of nitrogens with zero attached hydrogens (tertiary/aromatic N) is 1. The summed E-state index contributed by atoms with van der Waals surface area (Å²) >= 11 is 0. The Labute approximate surface area is 169 Å². The van der Waals surface area contributed by atoms with Gasteiger partial charge < -0.3 is 19.3 Å². The molecule has 3 aromatic rings. The van der Waals surface area contributed by atoms with Gasteiger partial charge in [0, 0.05) is 47.6 Å². The number of carbonyl (C=O) groups is 1. The number of benzene rings is 2. The standard InChI is InChI=1S/C24H24N2O3/c1-2-26-14-16(17-7-3-4-8-20(17)26)13-22-23(28)18-9-10-21(27)19(24(18)29-22)15-25-11-5-6-12-25/h3-4,7-10,13-14,27H,2,5-6,11-12,15H2,1H3/b22-13+. The lowest BCUT2D eigenvalue weighted by atomic mass is 10.0. The number of Topliss-reactive ketones (excluding diaryl/α,β-unsaturated/α-hetero) is 1. The fourth-order valence-electron chi connectivity index (χ4n) is 4.55. The number of para-hydroxylation sites is 1. The van der Waals surface area contributed by atoms with E-state index in [1.54, 1.807) is 6.07 Å². The highest BCUT2D eigenvalue weighted by molar-refractivity contribution is 6.15. The van der Waals surface area contributed by atoms with Crippen LogP contribution in [0.15, 0.2) is 48.4 Å². The molecule has 1 aromatic heterocycles. The molecular formula is C24H24N2O3. The van der Waals surface area contributed by atoms with Crippen molar-refractivity contribution in [3.63, 3.8) is 0 Å². The van der Waals surface area contributed by atoms with Crippen molar-refractivity contribution in [1.82, 2.24) is 4.57 Å². The summed E-state index contributed by atoms with van der Waals surface area (Å²) in [6.07, 6.45) is 6.23. The molecule has 2 aromatic carbocycles. The minimum absolute atomic E-state index is 0.0419. The fraction of sp³-hybridized carbons (Fsp3) is 0.292. The van der Waals surface area contributed by atoms with Gasteiger partial charge in [0.15, 0.2) is 5.76 Å². The molecule has 5 rings (SSSR count). The molecule has 0 amide bonds. The maximum absolute atomic E-state index is 13.0. The number of fused-ring (bicyclic) bond motifs is 2. The van der Waals surface area contributed by atoms with Crippen LogP contribution in [0.1, 0.15) is 41.3 Å². The van der Waals surface area contributed by atoms with Crippen molar-refractivity contribution >= 4 is 22.8 Å². The van der Waals surface area contributed by atoms with Gasteiger partial charge in [-0.3, -0.25) is 4.79 Å². The predicted molar refractivity (Wildman–Crippen MR) is 110 cm³/mol. The number of ketones is 1. The molecule has 0 atom stereocenters. The van der Waals surface area contributed by atoms with Gasteiger partial charge in [0.25, 0.3) is 0 Å². The third-order valence-electron chi connectivity index (χ3n) is 6.08. The van der Waals surface area contributed by atoms with Gasteiger partial charge in [-0.2, -0.15) is 0 Å². The lowest BCUT2D eigenvalue weighted by Gasteiger charge is -2.19. The number of likely N-dealkylation sites (tertiary alicyclic amines) is 1. The van der Waals surface area contributed by atoms with E-state index in [0.717, 1.165) is 36.1 Å². The summed E-state index contributed by atoms with van der Waals surface area (Å²) in [4.78, 5) is 14.4. The Hall–Kier alpha value is -3.05. The molecule has 2 aliphatic heterocycles. The van der Waals surface area contributed by atoms with Crippen molar-refractivity contribution in [2.75, 3.05) is 13.1 Å². The Balaban J connectivity index is 1.54. The summed E-state index contributed by atoms with van der Waals surface area (Å²) in [5.74, 6) is 0.570. The topological polar surface area (TPSA) is 58.7 Å². The molecular weight excluding hydrogens is 364 g/mol. The van der Waals surface area contributed by atoms with Crippen molar-refractivity contribution in [1.29, 1.82) is 0 Å². The SMILES string of the molecule is CCn1cc(/C=C2/Oc3c(ccc([O-])c3C[NH+]3CCCC3)C2=O)c2ccccc21. The summed E-state index contributed by atoms with van der Waals surface area (Å²) in [5, 5.41) is 13.6. The first-order valence-corrected chi connectivity index (χ1v) is 10.3. The maximum Gasteiger partial charge on any atom is 0.231 e. The quantitative estimate of drug-likeness (QED) is 0.699. The summed E-state index contributed by atoms with van der Waals surface area (Å²) in [7, 11) is 0. The van der Waals surface area contributed by atoms with Crippen LogP contribution in [-0.2, 0) is 13.1 Å². The second-order valence-corrected chi connectivity index (χ2v) is 7.88. The molecule has 148 valence electrons. The zero-order chi connectivity index (χ0) is 20.0. The van der Waals surface area contributed by atoms with E-state index >= 15 is 0 Å². The van der Waals surface area contributed by atoms with Crippen molar-refractivity contribution in [2.45, 2.75) is 32.9 Å². The number of aromatic nitrogens is 1. The predicted octanol–water partition coefficient (Wildman–Crippen LogP) is 2.53. The number of quaternary nitrogens is 1. The number of carbonyl (C=O) groups excluding carboxylic acids is 1. The number of hydrogen-bond acceptors (Lipinski definition) is 3. The Morgan fingerprint density at radius 2 is 1.97 bits per heavy atom. The molecule has 1 saturated heterocycles. The summed E-state index contributed by atoms with van der Waals surface area (Å²) in [5.41, 5.74) is 3.22. The van der Waals surface area contributed by atoms with Crippen LogP contribution in [0.5, 0.6) is 11.5 Å². The molecule has 3 heterocycles. The van der Waals surface area contributed by atoms with E-state index < -0.39 is 0 Å². The highest BCUT2D eigenvalue weighted by Crippen LogP contribution is 2.39. The van der Waals surface area contributed by atoms with Gasteiger partial charge in [0.05, 0.1) is 18.7 Å². The minimum atomic E-state index is -0.147. The molecule has 5 nitrogen and oxygen atoms in total. The van der Waals surface area contributed by atoms with Gasteiger partial charge >= 0.3 is 0 Å². The second kappa shape index (κ2) is 7.08. The van der Waals surface area contributed by atoms with Crippen molar-refractivity contribution < 1.29 is 19.5 Å². The lowest BCUT2D eigenvalue weighted by molar-refractivity contribution is -0.901. The van der Waals surface area contributed by atoms with E-state index in [1.807, 2.05) is 24.4 Å². The fourth-order valence-corrected chi connectivity index (χ4v) is 4.55. The molecule has 1 N–H and O–H groups in total. The minimum Gasteiger partial charge on any atom is -0.872 e. The number of rotatable bonds is 4. The molecule has 0 bridgehead atoms. The third-order valence-corrected chi connectivity index (χ3v) is 6.08. The first-order chi connectivity index (χ1) is 14.2. The third kappa shape index (κ3) is 3.02. The highest BCUT2D eigenvalue weighted by Gasteiger charge is 2.31. The molecule has 5 heteroatoms. The number of ether oxygens (including phenoxy) is 1. The zero-order valence-corrected chi connectivity index (χ0v) is 16.5. The van der Waals surface area contributed by atoms with Crippen molar-refractivity contribution in [3.8, 4) is 11.5 Å². The van der Waals surface area contributed by atoms with E-state index in [0.29, 0.717) is 29.2 Å². The summed E-state index contributed by atoms with van der Waals surface area (Å²) < 4.78 is 8.19. The smallest absolute Gasteiger partial charge is 0.231 e. The molecule has 0 spiro atoms. The largest absolute Gasteiger partial charge is 0.872 e. The van der Waals surface area contributed by atoms with E-state index in [-0.39, 0.29) is 11.5 Å². The van der Waals surface area contributed by atoms with Gasteiger partial charge in [-0.05, 0) is 25.1 Å². The van der Waals surface area contributed by atoms with E-state index in [1.165, 1.54) is 23.8 Å². The van der Waals surface area contributed by atoms with Crippen LogP contribution in [0, 0.1) is 0 Å². The molecule has 0 aliphatic carbocycles. The van der Waals surface area contributed by atoms with Gasteiger partial charge in [-0.15, -0.1) is 0 Å². The van der Waals surface area contributed by atoms with Crippen LogP contribution in [0.3, 0.4) is 0 Å².